The quantitative estimate of drug-likeness (QED) is 0.746. The van der Waals surface area contributed by atoms with Crippen LogP contribution in [0.4, 0.5) is 0 Å². The van der Waals surface area contributed by atoms with Crippen molar-refractivity contribution in [3.8, 4) is 6.07 Å². The Morgan fingerprint density at radius 3 is 2.65 bits per heavy atom. The molecule has 0 aliphatic heterocycles. The van der Waals surface area contributed by atoms with Crippen molar-refractivity contribution in [2.24, 2.45) is 0 Å². The lowest BCUT2D eigenvalue weighted by atomic mass is 10.1. The van der Waals surface area contributed by atoms with Crippen LogP contribution in [0, 0.1) is 11.3 Å². The predicted molar refractivity (Wildman–Crippen MR) is 59.7 cm³/mol. The van der Waals surface area contributed by atoms with Gasteiger partial charge in [0.25, 0.3) is 0 Å². The van der Waals surface area contributed by atoms with Gasteiger partial charge in [-0.05, 0) is 5.56 Å². The van der Waals surface area contributed by atoms with Crippen molar-refractivity contribution in [3.63, 3.8) is 0 Å². The fourth-order valence-electron chi connectivity index (χ4n) is 1.18. The third kappa shape index (κ3) is 5.33. The molecule has 1 aromatic carbocycles. The molecule has 5 heteroatoms. The highest BCUT2D eigenvalue weighted by molar-refractivity contribution is 5.83. The molecule has 88 valence electrons. The maximum atomic E-state index is 11.4. The summed E-state index contributed by atoms with van der Waals surface area (Å²) < 4.78 is 4.48. The highest BCUT2D eigenvalue weighted by Gasteiger charge is 2.06. The van der Waals surface area contributed by atoms with Gasteiger partial charge in [0.05, 0.1) is 6.42 Å². The lowest BCUT2D eigenvalue weighted by molar-refractivity contribution is -0.142. The number of rotatable bonds is 5. The van der Waals surface area contributed by atoms with Crippen molar-refractivity contribution in [3.05, 3.63) is 35.9 Å². The third-order valence-corrected chi connectivity index (χ3v) is 1.94. The Kier molecular flexibility index (Phi) is 5.25. The van der Waals surface area contributed by atoms with E-state index in [4.69, 9.17) is 5.26 Å². The Hall–Kier alpha value is -2.35. The van der Waals surface area contributed by atoms with E-state index in [0.29, 0.717) is 0 Å². The van der Waals surface area contributed by atoms with E-state index in [0.717, 1.165) is 5.56 Å². The van der Waals surface area contributed by atoms with Gasteiger partial charge in [-0.15, -0.1) is 0 Å². The maximum absolute atomic E-state index is 11.4. The summed E-state index contributed by atoms with van der Waals surface area (Å²) in [7, 11) is 0. The summed E-state index contributed by atoms with van der Waals surface area (Å²) in [5.41, 5.74) is 0.871. The second-order valence-electron chi connectivity index (χ2n) is 3.26. The number of hydrogen-bond acceptors (Lipinski definition) is 4. The smallest absolute Gasteiger partial charge is 0.326 e. The van der Waals surface area contributed by atoms with Crippen LogP contribution >= 0.6 is 0 Å². The van der Waals surface area contributed by atoms with E-state index in [2.05, 4.69) is 10.1 Å². The van der Waals surface area contributed by atoms with Crippen molar-refractivity contribution < 1.29 is 14.3 Å². The van der Waals surface area contributed by atoms with Gasteiger partial charge in [0.15, 0.2) is 6.61 Å². The lowest BCUT2D eigenvalue weighted by Crippen LogP contribution is -2.31. The first-order chi connectivity index (χ1) is 8.22. The zero-order valence-electron chi connectivity index (χ0n) is 9.18. The second-order valence-corrected chi connectivity index (χ2v) is 3.26. The van der Waals surface area contributed by atoms with Gasteiger partial charge in [0.1, 0.15) is 12.6 Å². The van der Waals surface area contributed by atoms with Crippen LogP contribution in [0.25, 0.3) is 0 Å². The summed E-state index contributed by atoms with van der Waals surface area (Å²) in [5, 5.41) is 10.6. The van der Waals surface area contributed by atoms with E-state index in [9.17, 15) is 9.59 Å². The van der Waals surface area contributed by atoms with Gasteiger partial charge in [-0.1, -0.05) is 30.3 Å². The Balaban J connectivity index is 2.27. The SMILES string of the molecule is N#CCOC(=O)CNC(=O)Cc1ccccc1. The van der Waals surface area contributed by atoms with Crippen LogP contribution in [-0.4, -0.2) is 25.0 Å². The molecule has 1 amide bonds. The maximum Gasteiger partial charge on any atom is 0.326 e. The predicted octanol–water partition coefficient (Wildman–Crippen LogP) is 0.412. The zero-order valence-corrected chi connectivity index (χ0v) is 9.18. The van der Waals surface area contributed by atoms with Gasteiger partial charge < -0.3 is 10.1 Å². The molecule has 0 unspecified atom stereocenters. The van der Waals surface area contributed by atoms with E-state index in [1.165, 1.54) is 0 Å². The van der Waals surface area contributed by atoms with Gasteiger partial charge in [0.2, 0.25) is 5.91 Å². The number of hydrogen-bond donors (Lipinski definition) is 1. The van der Waals surface area contributed by atoms with Gasteiger partial charge in [-0.3, -0.25) is 9.59 Å². The van der Waals surface area contributed by atoms with E-state index in [1.54, 1.807) is 6.07 Å². The summed E-state index contributed by atoms with van der Waals surface area (Å²) in [6.45, 7) is -0.513. The molecule has 0 aromatic heterocycles. The number of benzene rings is 1. The Labute approximate surface area is 99.0 Å². The Morgan fingerprint density at radius 1 is 1.29 bits per heavy atom. The summed E-state index contributed by atoms with van der Waals surface area (Å²) >= 11 is 0. The molecule has 1 rings (SSSR count). The number of esters is 1. The summed E-state index contributed by atoms with van der Waals surface area (Å²) in [6, 6.07) is 10.9. The molecule has 0 aliphatic rings. The number of amides is 1. The minimum absolute atomic E-state index is 0.215. The van der Waals surface area contributed by atoms with Crippen LogP contribution in [0.15, 0.2) is 30.3 Å². The summed E-state index contributed by atoms with van der Waals surface area (Å²) in [6.07, 6.45) is 0.215. The standard InChI is InChI=1S/C12H12N2O3/c13-6-7-17-12(16)9-14-11(15)8-10-4-2-1-3-5-10/h1-5H,7-9H2,(H,14,15). The molecular formula is C12H12N2O3. The highest BCUT2D eigenvalue weighted by atomic mass is 16.5. The molecule has 0 aliphatic carbocycles. The third-order valence-electron chi connectivity index (χ3n) is 1.94. The van der Waals surface area contributed by atoms with Crippen LogP contribution < -0.4 is 5.32 Å². The number of nitriles is 1. The highest BCUT2D eigenvalue weighted by Crippen LogP contribution is 1.98. The van der Waals surface area contributed by atoms with Crippen molar-refractivity contribution in [2.75, 3.05) is 13.2 Å². The topological polar surface area (TPSA) is 79.2 Å². The fraction of sp³-hybridized carbons (Fsp3) is 0.250. The normalized spacial score (nSPS) is 9.12. The van der Waals surface area contributed by atoms with Crippen LogP contribution in [-0.2, 0) is 20.7 Å². The molecule has 0 saturated carbocycles. The number of ether oxygens (including phenoxy) is 1. The molecule has 0 fully saturated rings. The molecule has 0 radical (unpaired) electrons. The van der Waals surface area contributed by atoms with Gasteiger partial charge in [0, 0.05) is 0 Å². The lowest BCUT2D eigenvalue weighted by Gasteiger charge is -2.04. The van der Waals surface area contributed by atoms with Gasteiger partial charge >= 0.3 is 5.97 Å². The molecular weight excluding hydrogens is 220 g/mol. The Bertz CT molecular complexity index is 423. The fourth-order valence-corrected chi connectivity index (χ4v) is 1.18. The average Bonchev–Trinajstić information content (AvgIpc) is 2.35. The average molecular weight is 232 g/mol. The van der Waals surface area contributed by atoms with Crippen LogP contribution in [0.3, 0.4) is 0 Å². The van der Waals surface area contributed by atoms with Gasteiger partial charge in [-0.25, -0.2) is 0 Å². The minimum atomic E-state index is -0.618. The first-order valence-corrected chi connectivity index (χ1v) is 5.05. The van der Waals surface area contributed by atoms with Crippen molar-refractivity contribution in [2.45, 2.75) is 6.42 Å². The van der Waals surface area contributed by atoms with Crippen molar-refractivity contribution in [1.82, 2.24) is 5.32 Å². The molecule has 0 bridgehead atoms. The first kappa shape index (κ1) is 12.7. The molecule has 0 saturated heterocycles. The molecule has 17 heavy (non-hydrogen) atoms. The largest absolute Gasteiger partial charge is 0.449 e. The summed E-state index contributed by atoms with van der Waals surface area (Å²) in [5.74, 6) is -0.877. The molecule has 1 N–H and O–H groups in total. The molecule has 0 spiro atoms. The first-order valence-electron chi connectivity index (χ1n) is 5.05. The van der Waals surface area contributed by atoms with Crippen LogP contribution in [0.1, 0.15) is 5.56 Å². The van der Waals surface area contributed by atoms with Crippen molar-refractivity contribution >= 4 is 11.9 Å². The van der Waals surface area contributed by atoms with Crippen LogP contribution in [0.2, 0.25) is 0 Å². The van der Waals surface area contributed by atoms with Crippen LogP contribution in [0.5, 0.6) is 0 Å². The number of nitrogens with one attached hydrogen (secondary N) is 1. The Morgan fingerprint density at radius 2 is 2.00 bits per heavy atom. The van der Waals surface area contributed by atoms with E-state index in [-0.39, 0.29) is 25.5 Å². The zero-order chi connectivity index (χ0) is 12.5. The van der Waals surface area contributed by atoms with Crippen molar-refractivity contribution in [1.29, 1.82) is 5.26 Å². The van der Waals surface area contributed by atoms with E-state index < -0.39 is 5.97 Å². The number of carbonyl (C=O) groups excluding carboxylic acids is 2. The molecule has 5 nitrogen and oxygen atoms in total. The van der Waals surface area contributed by atoms with E-state index in [1.807, 2.05) is 30.3 Å². The van der Waals surface area contributed by atoms with Gasteiger partial charge in [-0.2, -0.15) is 5.26 Å². The molecule has 0 heterocycles. The summed E-state index contributed by atoms with van der Waals surface area (Å²) in [4.78, 5) is 22.4. The molecule has 1 aromatic rings. The number of carbonyl (C=O) groups is 2. The second kappa shape index (κ2) is 7.01. The number of nitrogens with zero attached hydrogens (tertiary/aromatic N) is 1. The van der Waals surface area contributed by atoms with E-state index >= 15 is 0 Å². The molecule has 0 atom stereocenters. The monoisotopic (exact) mass is 232 g/mol. The minimum Gasteiger partial charge on any atom is -0.449 e.